The van der Waals surface area contributed by atoms with Gasteiger partial charge in [-0.2, -0.15) is 0 Å². The molecular formula is C18H19N5O. The molecule has 6 heteroatoms. The second-order valence-electron chi connectivity index (χ2n) is 6.18. The normalized spacial score (nSPS) is 18.0. The van der Waals surface area contributed by atoms with Gasteiger partial charge in [0.15, 0.2) is 0 Å². The fourth-order valence-electron chi connectivity index (χ4n) is 3.24. The molecule has 1 atom stereocenters. The number of aromatic amines is 1. The fraction of sp³-hybridized carbons (Fsp3) is 0.278. The number of H-pyrrole nitrogens is 1. The largest absolute Gasteiger partial charge is 0.346 e. The predicted molar refractivity (Wildman–Crippen MR) is 92.4 cm³/mol. The van der Waals surface area contributed by atoms with Crippen molar-refractivity contribution in [2.45, 2.75) is 18.9 Å². The highest BCUT2D eigenvalue weighted by Gasteiger charge is 2.22. The van der Waals surface area contributed by atoms with Crippen LogP contribution in [0.5, 0.6) is 0 Å². The summed E-state index contributed by atoms with van der Waals surface area (Å²) in [7, 11) is 0. The molecule has 0 radical (unpaired) electrons. The number of amides is 1. The van der Waals surface area contributed by atoms with Crippen molar-refractivity contribution in [1.29, 1.82) is 0 Å². The Hall–Kier alpha value is -2.73. The third-order valence-electron chi connectivity index (χ3n) is 4.49. The van der Waals surface area contributed by atoms with Crippen LogP contribution < -0.4 is 5.73 Å². The molecule has 3 aromatic heterocycles. The summed E-state index contributed by atoms with van der Waals surface area (Å²) in [5.74, 6) is 0.00530. The average Bonchev–Trinajstić information content (AvgIpc) is 3.10. The lowest BCUT2D eigenvalue weighted by atomic mass is 10.1. The van der Waals surface area contributed by atoms with Crippen molar-refractivity contribution >= 4 is 16.9 Å². The summed E-state index contributed by atoms with van der Waals surface area (Å²) in [6.07, 6.45) is 7.20. The van der Waals surface area contributed by atoms with E-state index in [0.717, 1.165) is 41.7 Å². The zero-order valence-corrected chi connectivity index (χ0v) is 13.3. The molecule has 1 aliphatic heterocycles. The number of hydrogen-bond acceptors (Lipinski definition) is 4. The molecule has 24 heavy (non-hydrogen) atoms. The van der Waals surface area contributed by atoms with Crippen LogP contribution in [0.15, 0.2) is 42.9 Å². The molecule has 1 saturated heterocycles. The minimum Gasteiger partial charge on any atom is -0.346 e. The maximum Gasteiger partial charge on any atom is 0.255 e. The Balaban J connectivity index is 1.61. The Labute approximate surface area is 139 Å². The highest BCUT2D eigenvalue weighted by molar-refractivity contribution is 5.95. The van der Waals surface area contributed by atoms with E-state index in [4.69, 9.17) is 5.73 Å². The molecule has 1 amide bonds. The van der Waals surface area contributed by atoms with Crippen molar-refractivity contribution in [2.24, 2.45) is 5.73 Å². The molecule has 0 spiro atoms. The van der Waals surface area contributed by atoms with Crippen molar-refractivity contribution < 1.29 is 4.79 Å². The van der Waals surface area contributed by atoms with Crippen LogP contribution in [-0.2, 0) is 0 Å². The van der Waals surface area contributed by atoms with Crippen molar-refractivity contribution in [1.82, 2.24) is 19.9 Å². The molecule has 0 saturated carbocycles. The minimum atomic E-state index is 0.00530. The van der Waals surface area contributed by atoms with E-state index in [1.165, 1.54) is 0 Å². The maximum atomic E-state index is 12.6. The second kappa shape index (κ2) is 6.05. The van der Waals surface area contributed by atoms with Gasteiger partial charge < -0.3 is 15.6 Å². The summed E-state index contributed by atoms with van der Waals surface area (Å²) in [6, 6.07) is 7.72. The SMILES string of the molecule is NC1CCCN(C(=O)c2ccc(-c3ccnc4[nH]ccc34)nc2)C1. The molecule has 3 aromatic rings. The first-order valence-electron chi connectivity index (χ1n) is 8.16. The van der Waals surface area contributed by atoms with Crippen molar-refractivity contribution in [3.63, 3.8) is 0 Å². The molecule has 3 N–H and O–H groups in total. The Morgan fingerprint density at radius 1 is 1.25 bits per heavy atom. The lowest BCUT2D eigenvalue weighted by Crippen LogP contribution is -2.45. The number of carbonyl (C=O) groups is 1. The van der Waals surface area contributed by atoms with E-state index in [2.05, 4.69) is 15.0 Å². The van der Waals surface area contributed by atoms with Gasteiger partial charge in [0.25, 0.3) is 5.91 Å². The van der Waals surface area contributed by atoms with E-state index in [1.54, 1.807) is 12.4 Å². The van der Waals surface area contributed by atoms with Gasteiger partial charge in [-0.05, 0) is 37.1 Å². The summed E-state index contributed by atoms with van der Waals surface area (Å²) in [4.78, 5) is 26.3. The van der Waals surface area contributed by atoms with Crippen LogP contribution in [0.2, 0.25) is 0 Å². The molecule has 0 aromatic carbocycles. The van der Waals surface area contributed by atoms with Gasteiger partial charge in [0.2, 0.25) is 0 Å². The van der Waals surface area contributed by atoms with Gasteiger partial charge in [-0.3, -0.25) is 9.78 Å². The van der Waals surface area contributed by atoms with Crippen LogP contribution in [0.3, 0.4) is 0 Å². The summed E-state index contributed by atoms with van der Waals surface area (Å²) in [6.45, 7) is 1.39. The van der Waals surface area contributed by atoms with Gasteiger partial charge in [0.1, 0.15) is 5.65 Å². The molecule has 0 bridgehead atoms. The van der Waals surface area contributed by atoms with E-state index in [-0.39, 0.29) is 11.9 Å². The second-order valence-corrected chi connectivity index (χ2v) is 6.18. The van der Waals surface area contributed by atoms with E-state index in [1.807, 2.05) is 35.4 Å². The predicted octanol–water partition coefficient (Wildman–Crippen LogP) is 2.19. The Kier molecular flexibility index (Phi) is 3.74. The van der Waals surface area contributed by atoms with Gasteiger partial charge in [0.05, 0.1) is 11.3 Å². The number of rotatable bonds is 2. The molecule has 4 rings (SSSR count). The number of hydrogen-bond donors (Lipinski definition) is 2. The molecule has 0 aliphatic carbocycles. The first-order valence-corrected chi connectivity index (χ1v) is 8.16. The Bertz CT molecular complexity index is 871. The molecule has 1 unspecified atom stereocenters. The van der Waals surface area contributed by atoms with Crippen molar-refractivity contribution in [3.8, 4) is 11.3 Å². The van der Waals surface area contributed by atoms with Gasteiger partial charge in [0, 0.05) is 48.7 Å². The van der Waals surface area contributed by atoms with Gasteiger partial charge in [-0.1, -0.05) is 0 Å². The van der Waals surface area contributed by atoms with Crippen LogP contribution in [0.4, 0.5) is 0 Å². The molecular weight excluding hydrogens is 302 g/mol. The first-order chi connectivity index (χ1) is 11.7. The number of nitrogens with zero attached hydrogens (tertiary/aromatic N) is 3. The summed E-state index contributed by atoms with van der Waals surface area (Å²) in [5, 5.41) is 1.02. The number of aromatic nitrogens is 3. The zero-order valence-electron chi connectivity index (χ0n) is 13.3. The van der Waals surface area contributed by atoms with Gasteiger partial charge in [-0.25, -0.2) is 4.98 Å². The minimum absolute atomic E-state index is 0.00530. The summed E-state index contributed by atoms with van der Waals surface area (Å²) in [5.41, 5.74) is 9.23. The molecule has 1 aliphatic rings. The third-order valence-corrected chi connectivity index (χ3v) is 4.49. The lowest BCUT2D eigenvalue weighted by molar-refractivity contribution is 0.0708. The van der Waals surface area contributed by atoms with E-state index in [0.29, 0.717) is 12.1 Å². The standard InChI is InChI=1S/C18H19N5O/c19-13-2-1-9-23(11-13)18(24)12-3-4-16(22-10-12)14-5-7-20-17-15(14)6-8-21-17/h3-8,10,13H,1-2,9,11,19H2,(H,20,21). The molecule has 6 nitrogen and oxygen atoms in total. The topological polar surface area (TPSA) is 87.9 Å². The summed E-state index contributed by atoms with van der Waals surface area (Å²) >= 11 is 0. The van der Waals surface area contributed by atoms with Gasteiger partial charge in [-0.15, -0.1) is 0 Å². The lowest BCUT2D eigenvalue weighted by Gasteiger charge is -2.30. The van der Waals surface area contributed by atoms with Crippen LogP contribution in [0, 0.1) is 0 Å². The van der Waals surface area contributed by atoms with Gasteiger partial charge >= 0.3 is 0 Å². The number of nitrogens with one attached hydrogen (secondary N) is 1. The number of pyridine rings is 2. The molecule has 4 heterocycles. The van der Waals surface area contributed by atoms with Crippen LogP contribution in [-0.4, -0.2) is 44.9 Å². The number of likely N-dealkylation sites (tertiary alicyclic amines) is 1. The Morgan fingerprint density at radius 3 is 2.96 bits per heavy atom. The zero-order chi connectivity index (χ0) is 16.5. The third kappa shape index (κ3) is 2.65. The highest BCUT2D eigenvalue weighted by atomic mass is 16.2. The fourth-order valence-corrected chi connectivity index (χ4v) is 3.24. The van der Waals surface area contributed by atoms with E-state index in [9.17, 15) is 4.79 Å². The van der Waals surface area contributed by atoms with Crippen molar-refractivity contribution in [3.05, 3.63) is 48.4 Å². The van der Waals surface area contributed by atoms with E-state index < -0.39 is 0 Å². The maximum absolute atomic E-state index is 12.6. The molecule has 122 valence electrons. The van der Waals surface area contributed by atoms with Crippen LogP contribution >= 0.6 is 0 Å². The quantitative estimate of drug-likeness (QED) is 0.757. The monoisotopic (exact) mass is 321 g/mol. The highest BCUT2D eigenvalue weighted by Crippen LogP contribution is 2.25. The number of piperidine rings is 1. The number of nitrogens with two attached hydrogens (primary N) is 1. The summed E-state index contributed by atoms with van der Waals surface area (Å²) < 4.78 is 0. The molecule has 1 fully saturated rings. The van der Waals surface area contributed by atoms with Crippen LogP contribution in [0.25, 0.3) is 22.3 Å². The van der Waals surface area contributed by atoms with E-state index >= 15 is 0 Å². The smallest absolute Gasteiger partial charge is 0.255 e. The first kappa shape index (κ1) is 14.8. The van der Waals surface area contributed by atoms with Crippen LogP contribution in [0.1, 0.15) is 23.2 Å². The van der Waals surface area contributed by atoms with Crippen molar-refractivity contribution in [2.75, 3.05) is 13.1 Å². The number of carbonyl (C=O) groups excluding carboxylic acids is 1. The number of fused-ring (bicyclic) bond motifs is 1. The Morgan fingerprint density at radius 2 is 2.17 bits per heavy atom. The average molecular weight is 321 g/mol.